The summed E-state index contributed by atoms with van der Waals surface area (Å²) in [5.74, 6) is -0.945. The van der Waals surface area contributed by atoms with Gasteiger partial charge in [0.2, 0.25) is 5.91 Å². The topological polar surface area (TPSA) is 66.4 Å². The molecule has 22 heavy (non-hydrogen) atoms. The lowest BCUT2D eigenvalue weighted by Crippen LogP contribution is -2.14. The number of hydrogen-bond donors (Lipinski definition) is 2. The van der Waals surface area contributed by atoms with Gasteiger partial charge in [-0.3, -0.25) is 4.79 Å². The van der Waals surface area contributed by atoms with Crippen LogP contribution in [0, 0.1) is 5.82 Å². The van der Waals surface area contributed by atoms with Crippen molar-refractivity contribution in [3.8, 4) is 0 Å². The number of halogens is 1. The van der Waals surface area contributed by atoms with Crippen LogP contribution in [0.4, 0.5) is 10.1 Å². The number of aromatic carboxylic acids is 1. The zero-order valence-corrected chi connectivity index (χ0v) is 12.4. The van der Waals surface area contributed by atoms with Crippen LogP contribution < -0.4 is 5.32 Å². The number of carboxylic acid groups (broad SMARTS) is 1. The molecule has 0 bridgehead atoms. The van der Waals surface area contributed by atoms with Gasteiger partial charge in [-0.25, -0.2) is 9.18 Å². The van der Waals surface area contributed by atoms with Crippen LogP contribution in [0.5, 0.6) is 0 Å². The molecule has 114 valence electrons. The molecule has 2 aromatic carbocycles. The molecule has 0 saturated carbocycles. The fourth-order valence-corrected chi connectivity index (χ4v) is 2.67. The lowest BCUT2D eigenvalue weighted by atomic mass is 10.1. The lowest BCUT2D eigenvalue weighted by molar-refractivity contribution is -0.113. The molecule has 0 heterocycles. The second-order valence-electron chi connectivity index (χ2n) is 4.51. The molecular weight excluding hydrogens is 305 g/mol. The Kier molecular flexibility index (Phi) is 5.55. The Morgan fingerprint density at radius 2 is 1.77 bits per heavy atom. The maximum atomic E-state index is 12.8. The van der Waals surface area contributed by atoms with E-state index < -0.39 is 5.97 Å². The molecular formula is C16H14FNO3S. The smallest absolute Gasteiger partial charge is 0.335 e. The summed E-state index contributed by atoms with van der Waals surface area (Å²) in [5, 5.41) is 11.7. The SMILES string of the molecule is O=C(CSCc1ccccc1C(=O)O)Nc1ccc(F)cc1. The van der Waals surface area contributed by atoms with Crippen molar-refractivity contribution in [2.75, 3.05) is 11.1 Å². The summed E-state index contributed by atoms with van der Waals surface area (Å²) < 4.78 is 12.8. The third-order valence-electron chi connectivity index (χ3n) is 2.87. The van der Waals surface area contributed by atoms with Gasteiger partial charge < -0.3 is 10.4 Å². The molecule has 0 radical (unpaired) electrons. The van der Waals surface area contributed by atoms with Gasteiger partial charge in [0.1, 0.15) is 5.82 Å². The predicted octanol–water partition coefficient (Wildman–Crippen LogP) is 3.40. The average Bonchev–Trinajstić information content (AvgIpc) is 2.50. The van der Waals surface area contributed by atoms with Crippen molar-refractivity contribution in [3.05, 3.63) is 65.5 Å². The molecule has 0 saturated heterocycles. The fraction of sp³-hybridized carbons (Fsp3) is 0.125. The van der Waals surface area contributed by atoms with Gasteiger partial charge >= 0.3 is 5.97 Å². The standard InChI is InChI=1S/C16H14FNO3S/c17-12-5-7-13(8-6-12)18-15(19)10-22-9-11-3-1-2-4-14(11)16(20)21/h1-8H,9-10H2,(H,18,19)(H,20,21). The van der Waals surface area contributed by atoms with Crippen LogP contribution in [0.3, 0.4) is 0 Å². The molecule has 2 aromatic rings. The van der Waals surface area contributed by atoms with E-state index in [-0.39, 0.29) is 23.0 Å². The largest absolute Gasteiger partial charge is 0.478 e. The number of carboxylic acids is 1. The lowest BCUT2D eigenvalue weighted by Gasteiger charge is -2.07. The van der Waals surface area contributed by atoms with Crippen LogP contribution in [0.25, 0.3) is 0 Å². The van der Waals surface area contributed by atoms with E-state index in [1.54, 1.807) is 18.2 Å². The molecule has 0 unspecified atom stereocenters. The Bertz CT molecular complexity index is 673. The third kappa shape index (κ3) is 4.60. The molecule has 2 rings (SSSR count). The van der Waals surface area contributed by atoms with Gasteiger partial charge in [0, 0.05) is 11.4 Å². The zero-order valence-electron chi connectivity index (χ0n) is 11.6. The summed E-state index contributed by atoms with van der Waals surface area (Å²) in [5.41, 5.74) is 1.45. The highest BCUT2D eigenvalue weighted by atomic mass is 32.2. The van der Waals surface area contributed by atoms with E-state index in [2.05, 4.69) is 5.32 Å². The minimum atomic E-state index is -0.980. The van der Waals surface area contributed by atoms with Gasteiger partial charge in [0.05, 0.1) is 11.3 Å². The number of rotatable bonds is 6. The monoisotopic (exact) mass is 319 g/mol. The van der Waals surface area contributed by atoms with E-state index in [0.717, 1.165) is 0 Å². The Morgan fingerprint density at radius 1 is 1.09 bits per heavy atom. The van der Waals surface area contributed by atoms with E-state index in [1.165, 1.54) is 42.1 Å². The van der Waals surface area contributed by atoms with Gasteiger partial charge in [-0.2, -0.15) is 0 Å². The number of carbonyl (C=O) groups is 2. The van der Waals surface area contributed by atoms with Gasteiger partial charge in [-0.15, -0.1) is 11.8 Å². The van der Waals surface area contributed by atoms with E-state index in [1.807, 2.05) is 0 Å². The molecule has 6 heteroatoms. The maximum Gasteiger partial charge on any atom is 0.335 e. The number of amides is 1. The van der Waals surface area contributed by atoms with Crippen molar-refractivity contribution in [1.29, 1.82) is 0 Å². The minimum Gasteiger partial charge on any atom is -0.478 e. The number of anilines is 1. The van der Waals surface area contributed by atoms with E-state index in [4.69, 9.17) is 5.11 Å². The van der Waals surface area contributed by atoms with Crippen LogP contribution >= 0.6 is 11.8 Å². The quantitative estimate of drug-likeness (QED) is 0.856. The van der Waals surface area contributed by atoms with Crippen molar-refractivity contribution >= 4 is 29.3 Å². The summed E-state index contributed by atoms with van der Waals surface area (Å²) in [6, 6.07) is 12.2. The molecule has 4 nitrogen and oxygen atoms in total. The van der Waals surface area contributed by atoms with Gasteiger partial charge in [-0.05, 0) is 35.9 Å². The highest BCUT2D eigenvalue weighted by Crippen LogP contribution is 2.17. The molecule has 0 spiro atoms. The third-order valence-corrected chi connectivity index (χ3v) is 3.85. The first kappa shape index (κ1) is 16.0. The van der Waals surface area contributed by atoms with Crippen LogP contribution in [-0.2, 0) is 10.5 Å². The first-order valence-electron chi connectivity index (χ1n) is 6.50. The van der Waals surface area contributed by atoms with E-state index in [9.17, 15) is 14.0 Å². The summed E-state index contributed by atoms with van der Waals surface area (Å²) >= 11 is 1.32. The van der Waals surface area contributed by atoms with Crippen LogP contribution in [-0.4, -0.2) is 22.7 Å². The fourth-order valence-electron chi connectivity index (χ4n) is 1.84. The number of nitrogens with one attached hydrogen (secondary N) is 1. The summed E-state index contributed by atoms with van der Waals surface area (Å²) in [6.45, 7) is 0. The second-order valence-corrected chi connectivity index (χ2v) is 5.50. The van der Waals surface area contributed by atoms with Crippen LogP contribution in [0.15, 0.2) is 48.5 Å². The molecule has 0 fully saturated rings. The van der Waals surface area contributed by atoms with Crippen LogP contribution in [0.2, 0.25) is 0 Å². The maximum absolute atomic E-state index is 12.8. The van der Waals surface area contributed by atoms with Crippen molar-refractivity contribution in [2.24, 2.45) is 0 Å². The summed E-state index contributed by atoms with van der Waals surface area (Å²) in [7, 11) is 0. The molecule has 0 aliphatic heterocycles. The van der Waals surface area contributed by atoms with Crippen molar-refractivity contribution < 1.29 is 19.1 Å². The normalized spacial score (nSPS) is 10.2. The Morgan fingerprint density at radius 3 is 2.45 bits per heavy atom. The van der Waals surface area contributed by atoms with Crippen LogP contribution in [0.1, 0.15) is 15.9 Å². The Hall–Kier alpha value is -2.34. The molecule has 2 N–H and O–H groups in total. The number of carbonyl (C=O) groups excluding carboxylic acids is 1. The second kappa shape index (κ2) is 7.61. The number of thioether (sulfide) groups is 1. The average molecular weight is 319 g/mol. The summed E-state index contributed by atoms with van der Waals surface area (Å²) in [6.07, 6.45) is 0. The van der Waals surface area contributed by atoms with E-state index in [0.29, 0.717) is 17.0 Å². The Labute approximate surface area is 131 Å². The molecule has 1 amide bonds. The highest BCUT2D eigenvalue weighted by Gasteiger charge is 2.10. The van der Waals surface area contributed by atoms with Crippen molar-refractivity contribution in [1.82, 2.24) is 0 Å². The molecule has 0 aliphatic rings. The van der Waals surface area contributed by atoms with Gasteiger partial charge in [-0.1, -0.05) is 18.2 Å². The molecule has 0 atom stereocenters. The Balaban J connectivity index is 1.85. The van der Waals surface area contributed by atoms with Gasteiger partial charge in [0.25, 0.3) is 0 Å². The van der Waals surface area contributed by atoms with Gasteiger partial charge in [0.15, 0.2) is 0 Å². The first-order chi connectivity index (χ1) is 10.6. The first-order valence-corrected chi connectivity index (χ1v) is 7.66. The number of hydrogen-bond acceptors (Lipinski definition) is 3. The number of benzene rings is 2. The van der Waals surface area contributed by atoms with Crippen molar-refractivity contribution in [2.45, 2.75) is 5.75 Å². The highest BCUT2D eigenvalue weighted by molar-refractivity contribution is 7.99. The van der Waals surface area contributed by atoms with E-state index >= 15 is 0 Å². The summed E-state index contributed by atoms with van der Waals surface area (Å²) in [4.78, 5) is 22.8. The molecule has 0 aliphatic carbocycles. The van der Waals surface area contributed by atoms with Crippen molar-refractivity contribution in [3.63, 3.8) is 0 Å². The minimum absolute atomic E-state index is 0.186. The predicted molar refractivity (Wildman–Crippen MR) is 84.6 cm³/mol. The molecule has 0 aromatic heterocycles. The zero-order chi connectivity index (χ0) is 15.9.